The largest absolute Gasteiger partial charge is 0.356 e. The van der Waals surface area contributed by atoms with Gasteiger partial charge in [0, 0.05) is 23.0 Å². The van der Waals surface area contributed by atoms with E-state index in [4.69, 9.17) is 0 Å². The summed E-state index contributed by atoms with van der Waals surface area (Å²) < 4.78 is 13.4. The van der Waals surface area contributed by atoms with Crippen molar-refractivity contribution in [2.24, 2.45) is 5.10 Å². The van der Waals surface area contributed by atoms with Crippen molar-refractivity contribution in [1.82, 2.24) is 14.9 Å². The van der Waals surface area contributed by atoms with Crippen molar-refractivity contribution in [3.05, 3.63) is 71.2 Å². The molecule has 1 fully saturated rings. The van der Waals surface area contributed by atoms with Crippen LogP contribution in [0.1, 0.15) is 30.7 Å². The van der Waals surface area contributed by atoms with Crippen molar-refractivity contribution >= 4 is 28.9 Å². The number of piperazine rings is 1. The highest BCUT2D eigenvalue weighted by molar-refractivity contribution is 5.98. The Morgan fingerprint density at radius 3 is 2.77 bits per heavy atom. The molecule has 2 aromatic carbocycles. The van der Waals surface area contributed by atoms with Gasteiger partial charge in [0.1, 0.15) is 18.4 Å². The van der Waals surface area contributed by atoms with Crippen LogP contribution in [-0.4, -0.2) is 45.5 Å². The fourth-order valence-corrected chi connectivity index (χ4v) is 4.69. The van der Waals surface area contributed by atoms with Gasteiger partial charge in [-0.25, -0.2) is 9.40 Å². The lowest BCUT2D eigenvalue weighted by molar-refractivity contribution is -0.163. The molecule has 3 heterocycles. The van der Waals surface area contributed by atoms with Crippen LogP contribution in [-0.2, 0) is 21.5 Å². The van der Waals surface area contributed by atoms with E-state index < -0.39 is 11.6 Å². The Kier molecular flexibility index (Phi) is 4.03. The van der Waals surface area contributed by atoms with Crippen molar-refractivity contribution < 1.29 is 14.0 Å². The molecule has 1 atom stereocenters. The number of para-hydroxylation sites is 1. The number of H-pyrrole nitrogens is 1. The Bertz CT molecular complexity index is 1210. The van der Waals surface area contributed by atoms with Crippen molar-refractivity contribution in [1.29, 1.82) is 0 Å². The van der Waals surface area contributed by atoms with Gasteiger partial charge in [-0.1, -0.05) is 30.3 Å². The van der Waals surface area contributed by atoms with E-state index in [1.807, 2.05) is 38.1 Å². The third-order valence-electron chi connectivity index (χ3n) is 6.02. The van der Waals surface area contributed by atoms with E-state index in [0.29, 0.717) is 12.0 Å². The van der Waals surface area contributed by atoms with Gasteiger partial charge >= 0.3 is 0 Å². The fraction of sp³-hybridized carbons (Fsp3) is 0.261. The average Bonchev–Trinajstić information content (AvgIpc) is 3.09. The molecule has 2 amide bonds. The molecule has 2 aliphatic heterocycles. The van der Waals surface area contributed by atoms with E-state index in [-0.39, 0.29) is 24.2 Å². The minimum absolute atomic E-state index is 0.139. The van der Waals surface area contributed by atoms with Gasteiger partial charge in [0.15, 0.2) is 0 Å². The SMILES string of the molecule is CC1(C)c2[nH]c3ccccc3c2C[C@H]2C(=O)N(/N=C/c3cccc(F)c3)CC(=O)N21. The monoisotopic (exact) mass is 404 g/mol. The smallest absolute Gasteiger partial charge is 0.266 e. The zero-order valence-electron chi connectivity index (χ0n) is 16.7. The molecule has 3 aromatic rings. The molecule has 0 aliphatic carbocycles. The van der Waals surface area contributed by atoms with Crippen LogP contribution in [0, 0.1) is 5.82 Å². The van der Waals surface area contributed by atoms with Crippen LogP contribution in [0.2, 0.25) is 0 Å². The Morgan fingerprint density at radius 2 is 1.97 bits per heavy atom. The maximum Gasteiger partial charge on any atom is 0.266 e. The summed E-state index contributed by atoms with van der Waals surface area (Å²) in [6, 6.07) is 13.3. The van der Waals surface area contributed by atoms with Crippen LogP contribution in [0.5, 0.6) is 0 Å². The van der Waals surface area contributed by atoms with Gasteiger partial charge in [0.25, 0.3) is 5.91 Å². The quantitative estimate of drug-likeness (QED) is 0.667. The second-order valence-corrected chi connectivity index (χ2v) is 8.26. The number of fused-ring (bicyclic) bond motifs is 4. The average molecular weight is 404 g/mol. The first-order valence-electron chi connectivity index (χ1n) is 9.89. The maximum atomic E-state index is 13.4. The summed E-state index contributed by atoms with van der Waals surface area (Å²) in [6.07, 6.45) is 1.84. The molecule has 0 bridgehead atoms. The molecule has 0 radical (unpaired) electrons. The minimum Gasteiger partial charge on any atom is -0.356 e. The summed E-state index contributed by atoms with van der Waals surface area (Å²) >= 11 is 0. The highest BCUT2D eigenvalue weighted by Gasteiger charge is 2.51. The number of benzene rings is 2. The number of amides is 2. The lowest BCUT2D eigenvalue weighted by atomic mass is 9.82. The number of aromatic nitrogens is 1. The lowest BCUT2D eigenvalue weighted by Gasteiger charge is -2.50. The number of nitrogens with one attached hydrogen (secondary N) is 1. The van der Waals surface area contributed by atoms with E-state index in [1.165, 1.54) is 23.4 Å². The lowest BCUT2D eigenvalue weighted by Crippen LogP contribution is -2.66. The number of rotatable bonds is 2. The van der Waals surface area contributed by atoms with Crippen LogP contribution in [0.4, 0.5) is 4.39 Å². The van der Waals surface area contributed by atoms with Gasteiger partial charge in [-0.3, -0.25) is 9.59 Å². The van der Waals surface area contributed by atoms with E-state index >= 15 is 0 Å². The van der Waals surface area contributed by atoms with Crippen molar-refractivity contribution in [3.8, 4) is 0 Å². The van der Waals surface area contributed by atoms with Crippen LogP contribution >= 0.6 is 0 Å². The molecule has 1 saturated heterocycles. The van der Waals surface area contributed by atoms with Crippen LogP contribution in [0.3, 0.4) is 0 Å². The number of carbonyl (C=O) groups is 2. The molecule has 30 heavy (non-hydrogen) atoms. The third-order valence-corrected chi connectivity index (χ3v) is 6.02. The molecule has 2 aliphatic rings. The molecule has 7 heteroatoms. The normalized spacial score (nSPS) is 20.7. The fourth-order valence-electron chi connectivity index (χ4n) is 4.69. The number of halogens is 1. The van der Waals surface area contributed by atoms with Gasteiger partial charge in [-0.05, 0) is 43.2 Å². The maximum absolute atomic E-state index is 13.4. The number of aromatic amines is 1. The summed E-state index contributed by atoms with van der Waals surface area (Å²) in [6.45, 7) is 3.79. The standard InChI is InChI=1S/C23H21FN4O2/c1-23(2)21-17(16-8-3-4-9-18(16)26-21)11-19-22(30)27(13-20(29)28(19)23)25-12-14-6-5-7-15(24)10-14/h3-10,12,19,26H,11,13H2,1-2H3/b25-12+/t19-/m0/s1. The third kappa shape index (κ3) is 2.73. The number of hydrogen-bond donors (Lipinski definition) is 1. The zero-order valence-corrected chi connectivity index (χ0v) is 16.7. The Hall–Kier alpha value is -3.48. The zero-order chi connectivity index (χ0) is 21.0. The number of hydrogen-bond acceptors (Lipinski definition) is 3. The Balaban J connectivity index is 1.52. The number of nitrogens with zero attached hydrogens (tertiary/aromatic N) is 3. The first kappa shape index (κ1) is 18.5. The summed E-state index contributed by atoms with van der Waals surface area (Å²) in [5, 5.41) is 6.48. The summed E-state index contributed by atoms with van der Waals surface area (Å²) in [5.74, 6) is -0.774. The van der Waals surface area contributed by atoms with Gasteiger partial charge in [0.05, 0.1) is 11.8 Å². The molecule has 1 aromatic heterocycles. The van der Waals surface area contributed by atoms with E-state index in [0.717, 1.165) is 22.2 Å². The molecule has 6 nitrogen and oxygen atoms in total. The predicted molar refractivity (Wildman–Crippen MR) is 111 cm³/mol. The molecule has 0 spiro atoms. The first-order valence-corrected chi connectivity index (χ1v) is 9.89. The molecular formula is C23H21FN4O2. The topological polar surface area (TPSA) is 68.8 Å². The minimum atomic E-state index is -0.650. The summed E-state index contributed by atoms with van der Waals surface area (Å²) in [5.41, 5.74) is 2.91. The second-order valence-electron chi connectivity index (χ2n) is 8.26. The van der Waals surface area contributed by atoms with Gasteiger partial charge in [0.2, 0.25) is 5.91 Å². The first-order chi connectivity index (χ1) is 14.4. The molecule has 0 saturated carbocycles. The second kappa shape index (κ2) is 6.52. The van der Waals surface area contributed by atoms with Crippen molar-refractivity contribution in [3.63, 3.8) is 0 Å². The van der Waals surface area contributed by atoms with Gasteiger partial charge in [-0.15, -0.1) is 0 Å². The van der Waals surface area contributed by atoms with Crippen molar-refractivity contribution in [2.45, 2.75) is 31.8 Å². The van der Waals surface area contributed by atoms with Crippen LogP contribution in [0.25, 0.3) is 10.9 Å². The Morgan fingerprint density at radius 1 is 1.17 bits per heavy atom. The highest BCUT2D eigenvalue weighted by atomic mass is 19.1. The molecule has 1 N–H and O–H groups in total. The van der Waals surface area contributed by atoms with E-state index in [2.05, 4.69) is 10.1 Å². The highest BCUT2D eigenvalue weighted by Crippen LogP contribution is 2.42. The van der Waals surface area contributed by atoms with Gasteiger partial charge < -0.3 is 9.88 Å². The molecular weight excluding hydrogens is 383 g/mol. The molecule has 5 rings (SSSR count). The number of hydrazone groups is 1. The van der Waals surface area contributed by atoms with Crippen LogP contribution in [0.15, 0.2) is 53.6 Å². The van der Waals surface area contributed by atoms with E-state index in [9.17, 15) is 14.0 Å². The molecule has 152 valence electrons. The van der Waals surface area contributed by atoms with Gasteiger partial charge in [-0.2, -0.15) is 5.10 Å². The summed E-state index contributed by atoms with van der Waals surface area (Å²) in [7, 11) is 0. The Labute approximate surface area is 173 Å². The van der Waals surface area contributed by atoms with Crippen LogP contribution < -0.4 is 0 Å². The predicted octanol–water partition coefficient (Wildman–Crippen LogP) is 3.17. The summed E-state index contributed by atoms with van der Waals surface area (Å²) in [4.78, 5) is 31.5. The van der Waals surface area contributed by atoms with Crippen molar-refractivity contribution in [2.75, 3.05) is 6.54 Å². The molecule has 0 unspecified atom stereocenters. The van der Waals surface area contributed by atoms with E-state index in [1.54, 1.807) is 17.0 Å². The number of carbonyl (C=O) groups excluding carboxylic acids is 2.